The van der Waals surface area contributed by atoms with E-state index in [4.69, 9.17) is 0 Å². The first-order valence-corrected chi connectivity index (χ1v) is 25.4. The van der Waals surface area contributed by atoms with Crippen molar-refractivity contribution in [3.63, 3.8) is 0 Å². The summed E-state index contributed by atoms with van der Waals surface area (Å²) in [5.41, 5.74) is 24.1. The van der Waals surface area contributed by atoms with Gasteiger partial charge < -0.3 is 9.71 Å². The SMILES string of the molecule is CCCCc1ccc(C(c2ccccc2)c2ccc3c(c2)N(c2cc4c(cc2C)C(C)(C)CCC4(C)C)c2cc(C)cc4c2B3N(c2ccc(C(C)(C)C)cc2)c2c-4ccc3ccccc23)cc1. The molecule has 2 aliphatic heterocycles. The van der Waals surface area contributed by atoms with Crippen molar-refractivity contribution in [2.45, 2.75) is 124 Å². The monoisotopic (exact) mass is 887 g/mol. The average molecular weight is 887 g/mol. The molecule has 340 valence electrons. The molecule has 0 saturated heterocycles. The summed E-state index contributed by atoms with van der Waals surface area (Å²) >= 11 is 0. The van der Waals surface area contributed by atoms with Crippen molar-refractivity contribution < 1.29 is 0 Å². The number of nitrogens with zero attached hydrogens (tertiary/aromatic N) is 2. The van der Waals surface area contributed by atoms with Crippen LogP contribution in [0.1, 0.15) is 137 Å². The number of anilines is 5. The van der Waals surface area contributed by atoms with E-state index >= 15 is 0 Å². The van der Waals surface area contributed by atoms with E-state index in [-0.39, 0.29) is 29.0 Å². The van der Waals surface area contributed by atoms with E-state index < -0.39 is 0 Å². The first-order chi connectivity index (χ1) is 32.6. The molecule has 2 heterocycles. The van der Waals surface area contributed by atoms with Crippen LogP contribution in [0.4, 0.5) is 28.4 Å². The number of fused-ring (bicyclic) bond motifs is 7. The Morgan fingerprint density at radius 1 is 0.603 bits per heavy atom. The molecule has 0 amide bonds. The lowest BCUT2D eigenvalue weighted by molar-refractivity contribution is 0.332. The highest BCUT2D eigenvalue weighted by molar-refractivity contribution is 6.93. The minimum Gasteiger partial charge on any atom is -0.376 e. The van der Waals surface area contributed by atoms with E-state index in [1.54, 1.807) is 0 Å². The smallest absolute Gasteiger partial charge is 0.333 e. The highest BCUT2D eigenvalue weighted by atomic mass is 15.2. The maximum Gasteiger partial charge on any atom is 0.333 e. The summed E-state index contributed by atoms with van der Waals surface area (Å²) in [6.07, 6.45) is 5.88. The van der Waals surface area contributed by atoms with Gasteiger partial charge in [-0.15, -0.1) is 0 Å². The van der Waals surface area contributed by atoms with E-state index in [2.05, 4.69) is 237 Å². The number of benzene rings is 8. The molecule has 11 rings (SSSR count). The maximum absolute atomic E-state index is 2.70. The molecule has 68 heavy (non-hydrogen) atoms. The molecule has 0 bridgehead atoms. The fourth-order valence-corrected chi connectivity index (χ4v) is 12.1. The van der Waals surface area contributed by atoms with Crippen molar-refractivity contribution in [3.8, 4) is 11.1 Å². The Balaban J connectivity index is 1.22. The van der Waals surface area contributed by atoms with E-state index in [0.29, 0.717) is 0 Å². The molecule has 0 fully saturated rings. The van der Waals surface area contributed by atoms with Crippen molar-refractivity contribution in [1.82, 2.24) is 0 Å². The van der Waals surface area contributed by atoms with Gasteiger partial charge in [0, 0.05) is 45.3 Å². The Labute approximate surface area is 407 Å². The number of unbranched alkanes of at least 4 members (excludes halogenated alkanes) is 1. The number of rotatable bonds is 8. The second kappa shape index (κ2) is 16.4. The third kappa shape index (κ3) is 7.31. The van der Waals surface area contributed by atoms with Gasteiger partial charge in [-0.1, -0.05) is 189 Å². The van der Waals surface area contributed by atoms with Crippen LogP contribution < -0.4 is 20.6 Å². The van der Waals surface area contributed by atoms with Crippen LogP contribution in [0.3, 0.4) is 0 Å². The molecule has 0 N–H and O–H groups in total. The minimum absolute atomic E-state index is 0.0400. The molecular weight excluding hydrogens is 820 g/mol. The molecular formula is C65H67BN2. The molecule has 8 aromatic rings. The van der Waals surface area contributed by atoms with Gasteiger partial charge in [0.1, 0.15) is 0 Å². The van der Waals surface area contributed by atoms with Crippen molar-refractivity contribution >= 4 is 57.0 Å². The zero-order valence-electron chi connectivity index (χ0n) is 42.1. The summed E-state index contributed by atoms with van der Waals surface area (Å²) in [5, 5.41) is 2.54. The van der Waals surface area contributed by atoms with Crippen molar-refractivity contribution in [1.29, 1.82) is 0 Å². The first-order valence-electron chi connectivity index (χ1n) is 25.4. The van der Waals surface area contributed by atoms with Crippen LogP contribution in [-0.2, 0) is 22.7 Å². The van der Waals surface area contributed by atoms with Crippen LogP contribution in [0.25, 0.3) is 21.9 Å². The second-order valence-electron chi connectivity index (χ2n) is 22.8. The van der Waals surface area contributed by atoms with Gasteiger partial charge in [-0.2, -0.15) is 0 Å². The Morgan fingerprint density at radius 3 is 1.97 bits per heavy atom. The van der Waals surface area contributed by atoms with Gasteiger partial charge in [-0.3, -0.25) is 0 Å². The summed E-state index contributed by atoms with van der Waals surface area (Å²) in [6, 6.07) is 61.7. The molecule has 0 spiro atoms. The topological polar surface area (TPSA) is 6.48 Å². The van der Waals surface area contributed by atoms with Crippen molar-refractivity contribution in [2.24, 2.45) is 0 Å². The predicted molar refractivity (Wildman–Crippen MR) is 294 cm³/mol. The van der Waals surface area contributed by atoms with E-state index in [0.717, 1.165) is 6.42 Å². The number of hydrogen-bond acceptors (Lipinski definition) is 2. The number of hydrogen-bond donors (Lipinski definition) is 0. The molecule has 2 nitrogen and oxygen atoms in total. The molecule has 8 aromatic carbocycles. The maximum atomic E-state index is 2.70. The average Bonchev–Trinajstić information content (AvgIpc) is 3.33. The van der Waals surface area contributed by atoms with Crippen LogP contribution in [-0.4, -0.2) is 6.85 Å². The summed E-state index contributed by atoms with van der Waals surface area (Å²) in [4.78, 5) is 5.40. The normalized spacial score (nSPS) is 15.9. The standard InChI is InChI=1S/C65H67BN2/c1-11-12-18-44-23-25-47(26-24-44)60(46-20-14-13-15-21-46)48-28-34-56-58(40-48)67(57-41-55-54(39-43(57)3)64(7,8)35-36-65(55,9)10)59-38-42(2)37-53-52-33-27-45-19-16-17-22-51(45)62(52)68(66(56)61(53)59)50-31-29-49(30-32-50)63(4,5)6/h13-17,19-34,37-41,60H,11-12,18,35-36H2,1-10H3. The minimum atomic E-state index is -0.0824. The molecule has 0 aromatic heterocycles. The third-order valence-corrected chi connectivity index (χ3v) is 16.1. The summed E-state index contributed by atoms with van der Waals surface area (Å²) in [5.74, 6) is 0.0551. The molecule has 3 heteroatoms. The first kappa shape index (κ1) is 44.2. The third-order valence-electron chi connectivity index (χ3n) is 16.1. The van der Waals surface area contributed by atoms with Crippen molar-refractivity contribution in [3.05, 3.63) is 208 Å². The van der Waals surface area contributed by atoms with Gasteiger partial charge in [0.15, 0.2) is 0 Å². The number of aryl methyl sites for hydroxylation is 3. The van der Waals surface area contributed by atoms with Gasteiger partial charge in [0.05, 0.1) is 0 Å². The van der Waals surface area contributed by atoms with Gasteiger partial charge in [0.25, 0.3) is 0 Å². The van der Waals surface area contributed by atoms with Crippen LogP contribution in [0.2, 0.25) is 0 Å². The predicted octanol–water partition coefficient (Wildman–Crippen LogP) is 16.3. The Bertz CT molecular complexity index is 3220. The summed E-state index contributed by atoms with van der Waals surface area (Å²) < 4.78 is 0. The lowest BCUT2D eigenvalue weighted by Gasteiger charge is -2.47. The van der Waals surface area contributed by atoms with Crippen LogP contribution in [0.5, 0.6) is 0 Å². The zero-order valence-corrected chi connectivity index (χ0v) is 42.1. The Kier molecular flexibility index (Phi) is 10.7. The fraction of sp³-hybridized carbons (Fsp3) is 0.292. The molecule has 1 unspecified atom stereocenters. The lowest BCUT2D eigenvalue weighted by atomic mass is 9.43. The van der Waals surface area contributed by atoms with E-state index in [9.17, 15) is 0 Å². The van der Waals surface area contributed by atoms with Gasteiger partial charge in [-0.25, -0.2) is 0 Å². The van der Waals surface area contributed by atoms with Gasteiger partial charge in [0.2, 0.25) is 0 Å². The quantitative estimate of drug-likeness (QED) is 0.111. The molecule has 0 saturated carbocycles. The lowest BCUT2D eigenvalue weighted by Crippen LogP contribution is -2.61. The summed E-state index contributed by atoms with van der Waals surface area (Å²) in [6.45, 7) is 23.6. The largest absolute Gasteiger partial charge is 0.376 e. The van der Waals surface area contributed by atoms with Crippen molar-refractivity contribution in [2.75, 3.05) is 9.71 Å². The molecule has 1 atom stereocenters. The molecule has 3 aliphatic rings. The van der Waals surface area contributed by atoms with Gasteiger partial charge in [-0.05, 0) is 158 Å². The van der Waals surface area contributed by atoms with Crippen LogP contribution in [0.15, 0.2) is 158 Å². The van der Waals surface area contributed by atoms with E-state index in [1.165, 1.54) is 137 Å². The summed E-state index contributed by atoms with van der Waals surface area (Å²) in [7, 11) is 0. The Morgan fingerprint density at radius 2 is 1.26 bits per heavy atom. The molecule has 1 aliphatic carbocycles. The second-order valence-corrected chi connectivity index (χ2v) is 22.8. The highest BCUT2D eigenvalue weighted by Gasteiger charge is 2.47. The fourth-order valence-electron chi connectivity index (χ4n) is 12.1. The molecule has 0 radical (unpaired) electrons. The Hall–Kier alpha value is -6.32. The zero-order chi connectivity index (χ0) is 47.3. The van der Waals surface area contributed by atoms with Gasteiger partial charge >= 0.3 is 6.85 Å². The van der Waals surface area contributed by atoms with E-state index in [1.807, 2.05) is 0 Å². The highest BCUT2D eigenvalue weighted by Crippen LogP contribution is 2.53. The van der Waals surface area contributed by atoms with Crippen LogP contribution in [0, 0.1) is 13.8 Å². The van der Waals surface area contributed by atoms with Crippen LogP contribution >= 0.6 is 0 Å².